The number of nitrogens with zero attached hydrogens (tertiary/aromatic N) is 2. The third kappa shape index (κ3) is 4.45. The van der Waals surface area contributed by atoms with Gasteiger partial charge in [-0.3, -0.25) is 4.79 Å². The summed E-state index contributed by atoms with van der Waals surface area (Å²) in [6.07, 6.45) is 7.77. The average molecular weight is 294 g/mol. The summed E-state index contributed by atoms with van der Waals surface area (Å²) >= 11 is 0. The van der Waals surface area contributed by atoms with E-state index in [1.54, 1.807) is 0 Å². The maximum absolute atomic E-state index is 10.9. The number of piperidine rings is 2. The Morgan fingerprint density at radius 2 is 1.52 bits per heavy atom. The van der Waals surface area contributed by atoms with E-state index >= 15 is 0 Å². The lowest BCUT2D eigenvalue weighted by atomic mass is 9.84. The minimum Gasteiger partial charge on any atom is -0.345 e. The van der Waals surface area contributed by atoms with Crippen LogP contribution in [0.2, 0.25) is 0 Å². The Labute approximate surface area is 131 Å². The summed E-state index contributed by atoms with van der Waals surface area (Å²) in [6, 6.07) is 0. The molecule has 3 aliphatic rings. The first-order chi connectivity index (χ1) is 10.2. The fourth-order valence-corrected chi connectivity index (χ4v) is 4.30. The molecule has 1 aliphatic carbocycles. The molecule has 2 saturated heterocycles. The van der Waals surface area contributed by atoms with E-state index in [-0.39, 0.29) is 0 Å². The highest BCUT2D eigenvalue weighted by molar-refractivity contribution is 5.47. The quantitative estimate of drug-likeness (QED) is 0.746. The fourth-order valence-electron chi connectivity index (χ4n) is 4.30. The maximum Gasteiger partial charge on any atom is 0.209 e. The van der Waals surface area contributed by atoms with E-state index in [4.69, 9.17) is 0 Å². The Hall–Kier alpha value is -0.570. The van der Waals surface area contributed by atoms with Crippen LogP contribution >= 0.6 is 0 Å². The van der Waals surface area contributed by atoms with E-state index in [0.717, 1.165) is 43.2 Å². The van der Waals surface area contributed by atoms with Crippen molar-refractivity contribution in [2.24, 2.45) is 23.7 Å². The predicted octanol–water partition coefficient (Wildman–Crippen LogP) is 3.25. The molecule has 0 aromatic heterocycles. The first-order valence-electron chi connectivity index (χ1n) is 9.09. The lowest BCUT2D eigenvalue weighted by Gasteiger charge is -2.40. The molecule has 2 unspecified atom stereocenters. The second-order valence-electron chi connectivity index (χ2n) is 7.51. The van der Waals surface area contributed by atoms with Gasteiger partial charge in [-0.05, 0) is 62.4 Å². The number of rotatable bonds is 3. The molecule has 2 bridgehead atoms. The van der Waals surface area contributed by atoms with Gasteiger partial charge < -0.3 is 9.80 Å². The maximum atomic E-state index is 10.9. The van der Waals surface area contributed by atoms with Gasteiger partial charge >= 0.3 is 0 Å². The molecule has 122 valence electrons. The normalized spacial score (nSPS) is 33.5. The molecule has 3 nitrogen and oxygen atoms in total. The van der Waals surface area contributed by atoms with E-state index in [1.165, 1.54) is 51.7 Å². The summed E-state index contributed by atoms with van der Waals surface area (Å²) in [5.74, 6) is 3.37. The molecular formula is C18H34N2O. The van der Waals surface area contributed by atoms with E-state index in [0.29, 0.717) is 0 Å². The summed E-state index contributed by atoms with van der Waals surface area (Å²) < 4.78 is 0. The van der Waals surface area contributed by atoms with Gasteiger partial charge in [0.25, 0.3) is 0 Å². The Balaban J connectivity index is 0.000000497. The summed E-state index contributed by atoms with van der Waals surface area (Å²) in [4.78, 5) is 15.6. The van der Waals surface area contributed by atoms with E-state index < -0.39 is 0 Å². The molecule has 21 heavy (non-hydrogen) atoms. The number of fused-ring (bicyclic) bond motifs is 2. The molecular weight excluding hydrogens is 260 g/mol. The van der Waals surface area contributed by atoms with E-state index in [2.05, 4.69) is 25.7 Å². The number of amides is 1. The van der Waals surface area contributed by atoms with Gasteiger partial charge in [0.15, 0.2) is 0 Å². The SMILES string of the molecule is CC1CCN(CC2C3CCC2CN(C=O)C3)CC1.CCC. The minimum absolute atomic E-state index is 0.785. The number of carbonyl (C=O) groups is 1. The highest BCUT2D eigenvalue weighted by atomic mass is 16.1. The van der Waals surface area contributed by atoms with Gasteiger partial charge in [0, 0.05) is 19.6 Å². The average Bonchev–Trinajstić information content (AvgIpc) is 2.72. The molecule has 3 rings (SSSR count). The summed E-state index contributed by atoms with van der Waals surface area (Å²) in [6.45, 7) is 12.6. The highest BCUT2D eigenvalue weighted by Crippen LogP contribution is 2.42. The van der Waals surface area contributed by atoms with Crippen molar-refractivity contribution in [3.63, 3.8) is 0 Å². The summed E-state index contributed by atoms with van der Waals surface area (Å²) in [5.41, 5.74) is 0. The van der Waals surface area contributed by atoms with Gasteiger partial charge in [0.2, 0.25) is 6.41 Å². The van der Waals surface area contributed by atoms with Crippen LogP contribution in [0.1, 0.15) is 52.9 Å². The van der Waals surface area contributed by atoms with Gasteiger partial charge in [0.05, 0.1) is 0 Å². The molecule has 1 amide bonds. The molecule has 2 heterocycles. The molecule has 0 aromatic rings. The van der Waals surface area contributed by atoms with Crippen LogP contribution in [0.4, 0.5) is 0 Å². The van der Waals surface area contributed by atoms with Crippen LogP contribution in [0, 0.1) is 23.7 Å². The van der Waals surface area contributed by atoms with Crippen LogP contribution in [0.15, 0.2) is 0 Å². The smallest absolute Gasteiger partial charge is 0.209 e. The van der Waals surface area contributed by atoms with Crippen LogP contribution in [-0.4, -0.2) is 48.9 Å². The van der Waals surface area contributed by atoms with E-state index in [9.17, 15) is 4.79 Å². The van der Waals surface area contributed by atoms with Gasteiger partial charge in [-0.25, -0.2) is 0 Å². The molecule has 0 radical (unpaired) electrons. The molecule has 0 spiro atoms. The van der Waals surface area contributed by atoms with Crippen LogP contribution in [-0.2, 0) is 4.79 Å². The lowest BCUT2D eigenvalue weighted by molar-refractivity contribution is -0.121. The van der Waals surface area contributed by atoms with Gasteiger partial charge in [-0.15, -0.1) is 0 Å². The first-order valence-corrected chi connectivity index (χ1v) is 9.09. The topological polar surface area (TPSA) is 23.6 Å². The van der Waals surface area contributed by atoms with Crippen molar-refractivity contribution in [3.8, 4) is 0 Å². The fraction of sp³-hybridized carbons (Fsp3) is 0.944. The monoisotopic (exact) mass is 294 g/mol. The number of carbonyl (C=O) groups excluding carboxylic acids is 1. The summed E-state index contributed by atoms with van der Waals surface area (Å²) in [7, 11) is 0. The van der Waals surface area contributed by atoms with Crippen molar-refractivity contribution in [1.82, 2.24) is 9.80 Å². The second kappa shape index (κ2) is 8.17. The standard InChI is InChI=1S/C15H26N2O.C3H8/c1-12-4-6-16(7-5-12)10-15-13-2-3-14(15)9-17(8-13)11-18;1-3-2/h11-15H,2-10H2,1H3;3H2,1-2H3. The van der Waals surface area contributed by atoms with Gasteiger partial charge in [-0.1, -0.05) is 27.2 Å². The Morgan fingerprint density at radius 1 is 1.00 bits per heavy atom. The molecule has 0 aromatic carbocycles. The van der Waals surface area contributed by atoms with Crippen LogP contribution in [0.5, 0.6) is 0 Å². The van der Waals surface area contributed by atoms with Crippen molar-refractivity contribution in [1.29, 1.82) is 0 Å². The van der Waals surface area contributed by atoms with Crippen molar-refractivity contribution in [2.75, 3.05) is 32.7 Å². The number of likely N-dealkylation sites (tertiary alicyclic amines) is 2. The minimum atomic E-state index is 0.785. The van der Waals surface area contributed by atoms with E-state index in [1.807, 2.05) is 4.90 Å². The Kier molecular flexibility index (Phi) is 6.53. The number of hydrogen-bond acceptors (Lipinski definition) is 2. The van der Waals surface area contributed by atoms with Crippen LogP contribution < -0.4 is 0 Å². The van der Waals surface area contributed by atoms with Gasteiger partial charge in [-0.2, -0.15) is 0 Å². The van der Waals surface area contributed by atoms with Crippen molar-refractivity contribution < 1.29 is 4.79 Å². The van der Waals surface area contributed by atoms with Gasteiger partial charge in [0.1, 0.15) is 0 Å². The number of hydrogen-bond donors (Lipinski definition) is 0. The molecule has 3 heteroatoms. The molecule has 0 N–H and O–H groups in total. The van der Waals surface area contributed by atoms with Crippen molar-refractivity contribution >= 4 is 6.41 Å². The van der Waals surface area contributed by atoms with Crippen LogP contribution in [0.25, 0.3) is 0 Å². The first kappa shape index (κ1) is 16.8. The predicted molar refractivity (Wildman–Crippen MR) is 88.1 cm³/mol. The Bertz CT molecular complexity index is 298. The summed E-state index contributed by atoms with van der Waals surface area (Å²) in [5, 5.41) is 0. The lowest BCUT2D eigenvalue weighted by Crippen LogP contribution is -2.46. The highest BCUT2D eigenvalue weighted by Gasteiger charge is 2.42. The molecule has 2 atom stereocenters. The molecule has 3 fully saturated rings. The Morgan fingerprint density at radius 3 is 2.00 bits per heavy atom. The third-order valence-corrected chi connectivity index (χ3v) is 5.55. The van der Waals surface area contributed by atoms with Crippen molar-refractivity contribution in [3.05, 3.63) is 0 Å². The molecule has 2 aliphatic heterocycles. The second-order valence-corrected chi connectivity index (χ2v) is 7.51. The van der Waals surface area contributed by atoms with Crippen molar-refractivity contribution in [2.45, 2.75) is 52.9 Å². The zero-order valence-corrected chi connectivity index (χ0v) is 14.3. The molecule has 1 saturated carbocycles. The zero-order valence-electron chi connectivity index (χ0n) is 14.3. The van der Waals surface area contributed by atoms with Crippen LogP contribution in [0.3, 0.4) is 0 Å². The largest absolute Gasteiger partial charge is 0.345 e. The third-order valence-electron chi connectivity index (χ3n) is 5.55. The zero-order chi connectivity index (χ0) is 15.2.